The van der Waals surface area contributed by atoms with Crippen molar-refractivity contribution in [3.8, 4) is 11.5 Å². The van der Waals surface area contributed by atoms with Crippen LogP contribution >= 0.6 is 31.9 Å². The van der Waals surface area contributed by atoms with Crippen LogP contribution < -0.4 is 14.8 Å². The van der Waals surface area contributed by atoms with E-state index in [1.54, 1.807) is 14.2 Å². The van der Waals surface area contributed by atoms with Gasteiger partial charge in [0, 0.05) is 15.0 Å². The molecule has 0 aromatic heterocycles. The van der Waals surface area contributed by atoms with E-state index in [0.29, 0.717) is 0 Å². The maximum Gasteiger partial charge on any atom is 0.133 e. The first-order valence-corrected chi connectivity index (χ1v) is 10.8. The van der Waals surface area contributed by atoms with Crippen molar-refractivity contribution in [3.63, 3.8) is 0 Å². The molecule has 0 spiro atoms. The lowest BCUT2D eigenvalue weighted by Gasteiger charge is -2.20. The fourth-order valence-corrected chi connectivity index (χ4v) is 4.01. The first kappa shape index (κ1) is 20.0. The molecular formula is C23H20Br2N2O2. The van der Waals surface area contributed by atoms with Gasteiger partial charge in [0.2, 0.25) is 0 Å². The molecule has 0 radical (unpaired) electrons. The van der Waals surface area contributed by atoms with E-state index in [0.717, 1.165) is 37.4 Å². The second kappa shape index (κ2) is 8.59. The van der Waals surface area contributed by atoms with E-state index in [2.05, 4.69) is 85.7 Å². The molecule has 1 aliphatic heterocycles. The summed E-state index contributed by atoms with van der Waals surface area (Å²) in [6, 6.07) is 22.4. The predicted molar refractivity (Wildman–Crippen MR) is 123 cm³/mol. The summed E-state index contributed by atoms with van der Waals surface area (Å²) in [5.74, 6) is 2.28. The van der Waals surface area contributed by atoms with Gasteiger partial charge in [-0.3, -0.25) is 4.99 Å². The number of halogens is 2. The summed E-state index contributed by atoms with van der Waals surface area (Å²) in [4.78, 5) is 5.06. The van der Waals surface area contributed by atoms with Gasteiger partial charge in [-0.15, -0.1) is 0 Å². The molecule has 0 bridgehead atoms. The molecule has 0 saturated carbocycles. The van der Waals surface area contributed by atoms with Crippen molar-refractivity contribution in [1.29, 1.82) is 0 Å². The van der Waals surface area contributed by atoms with Crippen molar-refractivity contribution < 1.29 is 9.47 Å². The normalized spacial score (nSPS) is 18.1. The maximum atomic E-state index is 5.60. The number of hydrogen-bond acceptors (Lipinski definition) is 4. The Balaban J connectivity index is 1.77. The first-order valence-electron chi connectivity index (χ1n) is 9.16. The van der Waals surface area contributed by atoms with Gasteiger partial charge in [0.05, 0.1) is 25.8 Å². The van der Waals surface area contributed by atoms with E-state index in [1.807, 2.05) is 18.2 Å². The summed E-state index contributed by atoms with van der Waals surface area (Å²) in [5.41, 5.74) is 3.23. The SMILES string of the molecule is COc1ccc(C2=NC(c3ccc(Br)cc3)C(c3ccc(Br)cc3)N2)c(OC)c1. The molecule has 0 amide bonds. The molecule has 29 heavy (non-hydrogen) atoms. The lowest BCUT2D eigenvalue weighted by atomic mass is 9.95. The van der Waals surface area contributed by atoms with Crippen molar-refractivity contribution in [1.82, 2.24) is 5.32 Å². The maximum absolute atomic E-state index is 5.60. The van der Waals surface area contributed by atoms with Crippen molar-refractivity contribution >= 4 is 37.7 Å². The Morgan fingerprint density at radius 1 is 0.793 bits per heavy atom. The van der Waals surface area contributed by atoms with Gasteiger partial charge in [-0.25, -0.2) is 0 Å². The number of methoxy groups -OCH3 is 2. The highest BCUT2D eigenvalue weighted by Crippen LogP contribution is 2.39. The Hall–Kier alpha value is -2.31. The van der Waals surface area contributed by atoms with Crippen molar-refractivity contribution in [2.45, 2.75) is 12.1 Å². The Bertz CT molecular complexity index is 1030. The van der Waals surface area contributed by atoms with Crippen LogP contribution in [0.4, 0.5) is 0 Å². The predicted octanol–water partition coefficient (Wildman–Crippen LogP) is 6.06. The molecular weight excluding hydrogens is 496 g/mol. The largest absolute Gasteiger partial charge is 0.497 e. The summed E-state index contributed by atoms with van der Waals surface area (Å²) in [6.45, 7) is 0. The summed E-state index contributed by atoms with van der Waals surface area (Å²) in [7, 11) is 3.30. The third kappa shape index (κ3) is 4.19. The van der Waals surface area contributed by atoms with E-state index in [9.17, 15) is 0 Å². The number of hydrogen-bond donors (Lipinski definition) is 1. The highest BCUT2D eigenvalue weighted by atomic mass is 79.9. The van der Waals surface area contributed by atoms with Crippen LogP contribution in [0.1, 0.15) is 28.8 Å². The van der Waals surface area contributed by atoms with Crippen LogP contribution in [0.5, 0.6) is 11.5 Å². The van der Waals surface area contributed by atoms with Crippen LogP contribution in [-0.2, 0) is 0 Å². The average molecular weight is 516 g/mol. The molecule has 0 aliphatic carbocycles. The lowest BCUT2D eigenvalue weighted by Crippen LogP contribution is -2.25. The van der Waals surface area contributed by atoms with Gasteiger partial charge in [0.25, 0.3) is 0 Å². The number of rotatable bonds is 5. The molecule has 3 aromatic carbocycles. The molecule has 2 atom stereocenters. The third-order valence-corrected chi connectivity index (χ3v) is 6.04. The zero-order chi connectivity index (χ0) is 20.4. The molecule has 1 heterocycles. The summed E-state index contributed by atoms with van der Waals surface area (Å²) in [6.07, 6.45) is 0. The molecule has 1 N–H and O–H groups in total. The zero-order valence-electron chi connectivity index (χ0n) is 16.0. The third-order valence-electron chi connectivity index (χ3n) is 4.98. The van der Waals surface area contributed by atoms with E-state index < -0.39 is 0 Å². The smallest absolute Gasteiger partial charge is 0.133 e. The van der Waals surface area contributed by atoms with Gasteiger partial charge < -0.3 is 14.8 Å². The zero-order valence-corrected chi connectivity index (χ0v) is 19.2. The topological polar surface area (TPSA) is 42.8 Å². The Labute approximate surface area is 187 Å². The van der Waals surface area contributed by atoms with Crippen LogP contribution in [0.15, 0.2) is 80.7 Å². The standard InChI is InChI=1S/C23H20Br2N2O2/c1-28-18-11-12-19(20(13-18)29-2)23-26-21(14-3-7-16(24)8-4-14)22(27-23)15-5-9-17(25)10-6-15/h3-13,21-22H,1-2H3,(H,26,27). The minimum Gasteiger partial charge on any atom is -0.497 e. The van der Waals surface area contributed by atoms with Crippen molar-refractivity contribution in [2.24, 2.45) is 4.99 Å². The summed E-state index contributed by atoms with van der Waals surface area (Å²) < 4.78 is 13.0. The second-order valence-corrected chi connectivity index (χ2v) is 8.55. The van der Waals surface area contributed by atoms with Gasteiger partial charge in [-0.1, -0.05) is 56.1 Å². The fourth-order valence-electron chi connectivity index (χ4n) is 3.48. The minimum absolute atomic E-state index is 0.0195. The van der Waals surface area contributed by atoms with Gasteiger partial charge in [0.1, 0.15) is 23.4 Å². The van der Waals surface area contributed by atoms with E-state index in [4.69, 9.17) is 14.5 Å². The van der Waals surface area contributed by atoms with E-state index in [1.165, 1.54) is 5.56 Å². The van der Waals surface area contributed by atoms with Crippen LogP contribution in [0, 0.1) is 0 Å². The molecule has 4 nitrogen and oxygen atoms in total. The van der Waals surface area contributed by atoms with Gasteiger partial charge in [0.15, 0.2) is 0 Å². The average Bonchev–Trinajstić information content (AvgIpc) is 3.19. The van der Waals surface area contributed by atoms with Crippen LogP contribution in [0.25, 0.3) is 0 Å². The Morgan fingerprint density at radius 3 is 2.00 bits per heavy atom. The molecule has 1 aliphatic rings. The molecule has 0 fully saturated rings. The number of nitrogens with zero attached hydrogens (tertiary/aromatic N) is 1. The number of aliphatic imine (C=N–C) groups is 1. The fraction of sp³-hybridized carbons (Fsp3) is 0.174. The highest BCUT2D eigenvalue weighted by molar-refractivity contribution is 9.10. The number of nitrogens with one attached hydrogen (secondary N) is 1. The Kier molecular flexibility index (Phi) is 5.92. The molecule has 148 valence electrons. The van der Waals surface area contributed by atoms with E-state index in [-0.39, 0.29) is 12.1 Å². The molecule has 3 aromatic rings. The van der Waals surface area contributed by atoms with Crippen LogP contribution in [-0.4, -0.2) is 20.1 Å². The van der Waals surface area contributed by atoms with Gasteiger partial charge in [-0.05, 0) is 47.5 Å². The number of benzene rings is 3. The van der Waals surface area contributed by atoms with Crippen LogP contribution in [0.2, 0.25) is 0 Å². The molecule has 0 saturated heterocycles. The summed E-state index contributed by atoms with van der Waals surface area (Å²) >= 11 is 7.04. The Morgan fingerprint density at radius 2 is 1.41 bits per heavy atom. The quantitative estimate of drug-likeness (QED) is 0.449. The minimum atomic E-state index is -0.0499. The number of ether oxygens (including phenoxy) is 2. The monoisotopic (exact) mass is 514 g/mol. The molecule has 6 heteroatoms. The lowest BCUT2D eigenvalue weighted by molar-refractivity contribution is 0.393. The van der Waals surface area contributed by atoms with Gasteiger partial charge >= 0.3 is 0 Å². The highest BCUT2D eigenvalue weighted by Gasteiger charge is 2.32. The molecule has 2 unspecified atom stereocenters. The van der Waals surface area contributed by atoms with Crippen LogP contribution in [0.3, 0.4) is 0 Å². The van der Waals surface area contributed by atoms with Crippen molar-refractivity contribution in [2.75, 3.05) is 14.2 Å². The number of amidine groups is 1. The first-order chi connectivity index (χ1) is 14.1. The van der Waals surface area contributed by atoms with E-state index >= 15 is 0 Å². The van der Waals surface area contributed by atoms with Crippen molar-refractivity contribution in [3.05, 3.63) is 92.4 Å². The summed E-state index contributed by atoms with van der Waals surface area (Å²) in [5, 5.41) is 3.62. The van der Waals surface area contributed by atoms with Gasteiger partial charge in [-0.2, -0.15) is 0 Å². The second-order valence-electron chi connectivity index (χ2n) is 6.71. The molecule has 4 rings (SSSR count).